The van der Waals surface area contributed by atoms with E-state index in [0.717, 1.165) is 10.4 Å². The summed E-state index contributed by atoms with van der Waals surface area (Å²) in [7, 11) is -0.706. The Kier molecular flexibility index (Phi) is 8.53. The van der Waals surface area contributed by atoms with Crippen molar-refractivity contribution in [1.82, 2.24) is 5.32 Å². The van der Waals surface area contributed by atoms with E-state index in [2.05, 4.69) is 5.32 Å². The Morgan fingerprint density at radius 1 is 1.03 bits per heavy atom. The van der Waals surface area contributed by atoms with E-state index in [-0.39, 0.29) is 31.8 Å². The monoisotopic (exact) mass is 499 g/mol. The topological polar surface area (TPSA) is 111 Å². The van der Waals surface area contributed by atoms with Crippen LogP contribution in [-0.4, -0.2) is 47.8 Å². The summed E-state index contributed by atoms with van der Waals surface area (Å²) in [6.07, 6.45) is 0.971. The lowest BCUT2D eigenvalue weighted by molar-refractivity contribution is -0.136. The minimum atomic E-state index is -1.01. The van der Waals surface area contributed by atoms with E-state index in [9.17, 15) is 14.4 Å². The normalized spacial score (nSPS) is 16.7. The molecule has 2 N–H and O–H groups in total. The SMILES string of the molecule is CC1(C)OB(C(=Cc2ccc(C(=O)CCC(=O)O)s2)CNC(=O)OCc2ccccc2)OC1(C)C. The molecule has 3 rings (SSSR count). The van der Waals surface area contributed by atoms with Crippen LogP contribution < -0.4 is 5.32 Å². The molecule has 1 aliphatic rings. The maximum Gasteiger partial charge on any atom is 0.492 e. The number of carboxylic acids is 1. The van der Waals surface area contributed by atoms with Crippen molar-refractivity contribution in [3.05, 3.63) is 63.3 Å². The van der Waals surface area contributed by atoms with Crippen molar-refractivity contribution in [2.45, 2.75) is 58.3 Å². The number of amides is 1. The first-order valence-electron chi connectivity index (χ1n) is 11.3. The van der Waals surface area contributed by atoms with Gasteiger partial charge in [0.1, 0.15) is 6.61 Å². The number of thiophene rings is 1. The lowest BCUT2D eigenvalue weighted by Gasteiger charge is -2.32. The molecule has 186 valence electrons. The first-order valence-corrected chi connectivity index (χ1v) is 12.1. The number of Topliss-reactive ketones (excluding diaryl/α,β-unsaturated/α-hetero) is 1. The van der Waals surface area contributed by atoms with Gasteiger partial charge in [-0.05, 0) is 56.9 Å². The Balaban J connectivity index is 1.72. The number of hydrogen-bond donors (Lipinski definition) is 2. The van der Waals surface area contributed by atoms with E-state index >= 15 is 0 Å². The molecule has 0 unspecified atom stereocenters. The molecule has 1 saturated heterocycles. The molecule has 1 aliphatic heterocycles. The zero-order valence-corrected chi connectivity index (χ0v) is 21.1. The molecule has 1 amide bonds. The van der Waals surface area contributed by atoms with Gasteiger partial charge in [0.15, 0.2) is 5.78 Å². The molecule has 10 heteroatoms. The number of carbonyl (C=O) groups is 3. The fraction of sp³-hybridized carbons (Fsp3) is 0.400. The standard InChI is InChI=1S/C25H30BNO7S/c1-24(2)25(3,4)34-26(33-24)18(15-27-23(31)32-16-17-8-6-5-7-9-17)14-19-10-12-21(35-19)20(28)11-13-22(29)30/h5-10,12,14H,11,13,15-16H2,1-4H3,(H,27,31)(H,29,30). The van der Waals surface area contributed by atoms with Crippen LogP contribution in [0.15, 0.2) is 47.9 Å². The molecule has 0 atom stereocenters. The van der Waals surface area contributed by atoms with Crippen molar-refractivity contribution in [1.29, 1.82) is 0 Å². The van der Waals surface area contributed by atoms with Gasteiger partial charge in [0.25, 0.3) is 0 Å². The van der Waals surface area contributed by atoms with Gasteiger partial charge < -0.3 is 24.5 Å². The van der Waals surface area contributed by atoms with E-state index in [1.807, 2.05) is 64.1 Å². The zero-order valence-electron chi connectivity index (χ0n) is 20.3. The molecule has 0 aliphatic carbocycles. The number of ether oxygens (including phenoxy) is 1. The highest BCUT2D eigenvalue weighted by molar-refractivity contribution is 7.15. The van der Waals surface area contributed by atoms with Crippen LogP contribution in [0.25, 0.3) is 6.08 Å². The number of hydrogen-bond acceptors (Lipinski definition) is 7. The quantitative estimate of drug-likeness (QED) is 0.359. The molecule has 8 nitrogen and oxygen atoms in total. The number of alkyl carbamates (subject to hydrolysis) is 1. The summed E-state index contributed by atoms with van der Waals surface area (Å²) in [6.45, 7) is 8.03. The third kappa shape index (κ3) is 7.27. The first kappa shape index (κ1) is 26.7. The summed E-state index contributed by atoms with van der Waals surface area (Å²) in [6, 6.07) is 12.8. The smallest absolute Gasteiger partial charge is 0.481 e. The molecule has 1 aromatic heterocycles. The van der Waals surface area contributed by atoms with Crippen molar-refractivity contribution in [3.8, 4) is 0 Å². The maximum absolute atomic E-state index is 12.3. The second-order valence-electron chi connectivity index (χ2n) is 9.24. The number of aliphatic carboxylic acids is 1. The van der Waals surface area contributed by atoms with Crippen LogP contribution in [0.2, 0.25) is 0 Å². The number of nitrogens with one attached hydrogen (secondary N) is 1. The molecular formula is C25H30BNO7S. The van der Waals surface area contributed by atoms with Crippen LogP contribution in [0.4, 0.5) is 4.79 Å². The molecule has 1 aromatic carbocycles. The van der Waals surface area contributed by atoms with Gasteiger partial charge >= 0.3 is 19.2 Å². The average molecular weight is 499 g/mol. The summed E-state index contributed by atoms with van der Waals surface area (Å²) < 4.78 is 17.6. The Morgan fingerprint density at radius 2 is 1.69 bits per heavy atom. The summed E-state index contributed by atoms with van der Waals surface area (Å²) in [5, 5.41) is 11.6. The summed E-state index contributed by atoms with van der Waals surface area (Å²) in [5.74, 6) is -1.24. The van der Waals surface area contributed by atoms with Gasteiger partial charge in [-0.1, -0.05) is 30.3 Å². The molecule has 1 fully saturated rings. The molecule has 35 heavy (non-hydrogen) atoms. The molecule has 0 bridgehead atoms. The zero-order chi connectivity index (χ0) is 25.6. The minimum absolute atomic E-state index is 0.0576. The van der Waals surface area contributed by atoms with E-state index in [4.69, 9.17) is 19.2 Å². The molecule has 0 saturated carbocycles. The van der Waals surface area contributed by atoms with Crippen molar-refractivity contribution < 1.29 is 33.5 Å². The van der Waals surface area contributed by atoms with E-state index < -0.39 is 30.4 Å². The Hall–Kier alpha value is -2.95. The first-order chi connectivity index (χ1) is 16.5. The van der Waals surface area contributed by atoms with Gasteiger partial charge in [0.2, 0.25) is 0 Å². The van der Waals surface area contributed by atoms with Crippen LogP contribution in [0, 0.1) is 0 Å². The van der Waals surface area contributed by atoms with Crippen LogP contribution in [0.3, 0.4) is 0 Å². The Bertz CT molecular complexity index is 1080. The summed E-state index contributed by atoms with van der Waals surface area (Å²) >= 11 is 1.25. The number of benzene rings is 1. The highest BCUT2D eigenvalue weighted by atomic mass is 32.1. The van der Waals surface area contributed by atoms with Crippen molar-refractivity contribution in [2.24, 2.45) is 0 Å². The molecule has 0 spiro atoms. The van der Waals surface area contributed by atoms with Gasteiger partial charge in [0.05, 0.1) is 22.5 Å². The van der Waals surface area contributed by atoms with Gasteiger partial charge in [-0.25, -0.2) is 4.79 Å². The van der Waals surface area contributed by atoms with Crippen LogP contribution in [0.5, 0.6) is 0 Å². The fourth-order valence-corrected chi connectivity index (χ4v) is 4.20. The predicted molar refractivity (Wildman–Crippen MR) is 134 cm³/mol. The second-order valence-corrected chi connectivity index (χ2v) is 10.4. The Morgan fingerprint density at radius 3 is 2.31 bits per heavy atom. The fourth-order valence-electron chi connectivity index (χ4n) is 3.25. The molecule has 2 aromatic rings. The lowest BCUT2D eigenvalue weighted by atomic mass is 9.77. The van der Waals surface area contributed by atoms with Gasteiger partial charge in [-0.2, -0.15) is 0 Å². The minimum Gasteiger partial charge on any atom is -0.481 e. The molecule has 0 radical (unpaired) electrons. The van der Waals surface area contributed by atoms with Crippen LogP contribution in [0.1, 0.15) is 60.6 Å². The third-order valence-electron chi connectivity index (χ3n) is 6.00. The molecular weight excluding hydrogens is 469 g/mol. The second kappa shape index (κ2) is 11.2. The summed E-state index contributed by atoms with van der Waals surface area (Å²) in [5.41, 5.74) is 0.394. The van der Waals surface area contributed by atoms with Gasteiger partial charge in [0, 0.05) is 17.8 Å². The van der Waals surface area contributed by atoms with Gasteiger partial charge in [-0.15, -0.1) is 11.3 Å². The number of ketones is 1. The highest BCUT2D eigenvalue weighted by Crippen LogP contribution is 2.39. The highest BCUT2D eigenvalue weighted by Gasteiger charge is 2.52. The van der Waals surface area contributed by atoms with E-state index in [0.29, 0.717) is 10.3 Å². The Labute approximate surface area is 209 Å². The van der Waals surface area contributed by atoms with Crippen molar-refractivity contribution in [2.75, 3.05) is 6.54 Å². The largest absolute Gasteiger partial charge is 0.492 e. The van der Waals surface area contributed by atoms with E-state index in [1.165, 1.54) is 11.3 Å². The predicted octanol–water partition coefficient (Wildman–Crippen LogP) is 4.74. The number of carbonyl (C=O) groups excluding carboxylic acids is 2. The average Bonchev–Trinajstić information content (AvgIpc) is 3.35. The van der Waals surface area contributed by atoms with Crippen LogP contribution in [-0.2, 0) is 25.4 Å². The third-order valence-corrected chi connectivity index (χ3v) is 7.07. The number of rotatable bonds is 10. The van der Waals surface area contributed by atoms with Crippen molar-refractivity contribution in [3.63, 3.8) is 0 Å². The number of carboxylic acid groups (broad SMARTS) is 1. The summed E-state index contributed by atoms with van der Waals surface area (Å²) in [4.78, 5) is 36.6. The van der Waals surface area contributed by atoms with Crippen LogP contribution >= 0.6 is 11.3 Å². The van der Waals surface area contributed by atoms with Gasteiger partial charge in [-0.3, -0.25) is 9.59 Å². The maximum atomic E-state index is 12.3. The van der Waals surface area contributed by atoms with Crippen molar-refractivity contribution >= 4 is 42.4 Å². The lowest BCUT2D eigenvalue weighted by Crippen LogP contribution is -2.41. The molecule has 2 heterocycles. The van der Waals surface area contributed by atoms with E-state index in [1.54, 1.807) is 12.1 Å².